The minimum absolute atomic E-state index is 0.113. The van der Waals surface area contributed by atoms with E-state index in [1.165, 1.54) is 16.3 Å². The Morgan fingerprint density at radius 1 is 1.06 bits per heavy atom. The average Bonchev–Trinajstić information content (AvgIpc) is 2.82. The Bertz CT molecular complexity index is 1050. The summed E-state index contributed by atoms with van der Waals surface area (Å²) in [6.45, 7) is 4.72. The molecule has 9 heteroatoms. The molecule has 0 radical (unpaired) electrons. The highest BCUT2D eigenvalue weighted by Gasteiger charge is 2.26. The minimum atomic E-state index is -3.62. The minimum Gasteiger partial charge on any atom is -0.354 e. The Hall–Kier alpha value is -2.42. The molecule has 0 aliphatic heterocycles. The van der Waals surface area contributed by atoms with Crippen molar-refractivity contribution in [3.8, 4) is 0 Å². The molecule has 0 spiro atoms. The molecule has 0 aliphatic carbocycles. The molecule has 0 aliphatic rings. The van der Waals surface area contributed by atoms with Crippen LogP contribution in [0.3, 0.4) is 0 Å². The quantitative estimate of drug-likeness (QED) is 0.414. The van der Waals surface area contributed by atoms with Crippen LogP contribution in [-0.2, 0) is 26.2 Å². The molecule has 2 rings (SSSR count). The Kier molecular flexibility index (Phi) is 11.0. The molecular weight excluding hydrogens is 474 g/mol. The van der Waals surface area contributed by atoms with Gasteiger partial charge in [-0.2, -0.15) is 0 Å². The van der Waals surface area contributed by atoms with Crippen LogP contribution in [-0.4, -0.2) is 55.6 Å². The van der Waals surface area contributed by atoms with Crippen LogP contribution in [0, 0.1) is 0 Å². The van der Waals surface area contributed by atoms with E-state index in [0.717, 1.165) is 18.4 Å². The largest absolute Gasteiger partial charge is 0.354 e. The van der Waals surface area contributed by atoms with Crippen molar-refractivity contribution in [2.45, 2.75) is 57.0 Å². The van der Waals surface area contributed by atoms with Crippen molar-refractivity contribution in [2.75, 3.05) is 20.1 Å². The first-order valence-electron chi connectivity index (χ1n) is 11.5. The summed E-state index contributed by atoms with van der Waals surface area (Å²) >= 11 is 6.10. The van der Waals surface area contributed by atoms with Crippen LogP contribution in [0.5, 0.6) is 0 Å². The first kappa shape index (κ1) is 27.8. The van der Waals surface area contributed by atoms with Crippen LogP contribution in [0.15, 0.2) is 59.5 Å². The summed E-state index contributed by atoms with van der Waals surface area (Å²) < 4.78 is 26.7. The molecule has 2 amide bonds. The second kappa shape index (κ2) is 13.5. The van der Waals surface area contributed by atoms with Gasteiger partial charge >= 0.3 is 0 Å². The number of hydrogen-bond acceptors (Lipinski definition) is 4. The number of rotatable bonds is 13. The van der Waals surface area contributed by atoms with Gasteiger partial charge in [0.15, 0.2) is 0 Å². The Morgan fingerprint density at radius 3 is 2.41 bits per heavy atom. The summed E-state index contributed by atoms with van der Waals surface area (Å²) in [5.41, 5.74) is 0.817. The highest BCUT2D eigenvalue weighted by molar-refractivity contribution is 7.89. The maximum Gasteiger partial charge on any atom is 0.242 e. The molecule has 0 bridgehead atoms. The number of nitrogens with zero attached hydrogens (tertiary/aromatic N) is 2. The van der Waals surface area contributed by atoms with Crippen LogP contribution in [0.25, 0.3) is 0 Å². The molecule has 7 nitrogen and oxygen atoms in total. The van der Waals surface area contributed by atoms with Gasteiger partial charge in [-0.25, -0.2) is 12.7 Å². The van der Waals surface area contributed by atoms with E-state index in [-0.39, 0.29) is 36.2 Å². The van der Waals surface area contributed by atoms with Gasteiger partial charge in [-0.15, -0.1) is 0 Å². The third kappa shape index (κ3) is 8.11. The maximum absolute atomic E-state index is 13.2. The molecule has 0 unspecified atom stereocenters. The van der Waals surface area contributed by atoms with Gasteiger partial charge in [-0.05, 0) is 49.6 Å². The van der Waals surface area contributed by atoms with E-state index < -0.39 is 16.1 Å². The molecule has 1 N–H and O–H groups in total. The topological polar surface area (TPSA) is 86.8 Å². The van der Waals surface area contributed by atoms with E-state index in [9.17, 15) is 18.0 Å². The number of benzene rings is 2. The fraction of sp³-hybridized carbons (Fsp3) is 0.440. The number of hydrogen-bond donors (Lipinski definition) is 1. The molecule has 0 aromatic heterocycles. The standard InChI is InChI=1S/C25H34ClN3O4S/c1-4-5-16-27-25(31)20(2)29(19-21-11-9-12-22(26)18-21)24(30)15-10-17-28(3)34(32,33)23-13-7-6-8-14-23/h6-9,11-14,18,20H,4-5,10,15-17,19H2,1-3H3,(H,27,31)/t20-/m1/s1. The molecule has 0 heterocycles. The zero-order chi connectivity index (χ0) is 25.1. The van der Waals surface area contributed by atoms with Crippen LogP contribution in [0.2, 0.25) is 5.02 Å². The normalized spacial score (nSPS) is 12.4. The third-order valence-corrected chi connectivity index (χ3v) is 7.66. The molecule has 186 valence electrons. The first-order valence-corrected chi connectivity index (χ1v) is 13.3. The van der Waals surface area contributed by atoms with E-state index in [1.54, 1.807) is 55.5 Å². The van der Waals surface area contributed by atoms with Gasteiger partial charge in [-0.1, -0.05) is 55.3 Å². The SMILES string of the molecule is CCCCNC(=O)[C@@H](C)N(Cc1cccc(Cl)c1)C(=O)CCCN(C)S(=O)(=O)c1ccccc1. The number of halogens is 1. The monoisotopic (exact) mass is 507 g/mol. The second-order valence-electron chi connectivity index (χ2n) is 8.22. The first-order chi connectivity index (χ1) is 16.2. The van der Waals surface area contributed by atoms with Gasteiger partial charge < -0.3 is 10.2 Å². The average molecular weight is 508 g/mol. The lowest BCUT2D eigenvalue weighted by Crippen LogP contribution is -2.47. The number of nitrogens with one attached hydrogen (secondary N) is 1. The molecule has 0 fully saturated rings. The zero-order valence-electron chi connectivity index (χ0n) is 20.0. The highest BCUT2D eigenvalue weighted by atomic mass is 35.5. The lowest BCUT2D eigenvalue weighted by molar-refractivity contribution is -0.140. The number of sulfonamides is 1. The number of carbonyl (C=O) groups excluding carboxylic acids is 2. The van der Waals surface area contributed by atoms with Crippen molar-refractivity contribution in [2.24, 2.45) is 0 Å². The smallest absolute Gasteiger partial charge is 0.242 e. The van der Waals surface area contributed by atoms with E-state index in [4.69, 9.17) is 11.6 Å². The van der Waals surface area contributed by atoms with E-state index in [0.29, 0.717) is 18.0 Å². The Morgan fingerprint density at radius 2 is 1.76 bits per heavy atom. The summed E-state index contributed by atoms with van der Waals surface area (Å²) in [5, 5.41) is 3.44. The summed E-state index contributed by atoms with van der Waals surface area (Å²) in [6, 6.07) is 14.7. The van der Waals surface area contributed by atoms with Crippen LogP contribution >= 0.6 is 11.6 Å². The fourth-order valence-corrected chi connectivity index (χ4v) is 4.88. The van der Waals surface area contributed by atoms with Crippen molar-refractivity contribution in [3.05, 3.63) is 65.2 Å². The maximum atomic E-state index is 13.2. The molecule has 2 aromatic carbocycles. The zero-order valence-corrected chi connectivity index (χ0v) is 21.6. The fourth-order valence-electron chi connectivity index (χ4n) is 3.44. The van der Waals surface area contributed by atoms with Gasteiger partial charge in [0, 0.05) is 38.1 Å². The summed E-state index contributed by atoms with van der Waals surface area (Å²) in [7, 11) is -2.12. The predicted octanol–water partition coefficient (Wildman–Crippen LogP) is 4.07. The Balaban J connectivity index is 2.06. The van der Waals surface area contributed by atoms with Gasteiger partial charge in [0.1, 0.15) is 6.04 Å². The van der Waals surface area contributed by atoms with Gasteiger partial charge in [0.25, 0.3) is 0 Å². The predicted molar refractivity (Wildman–Crippen MR) is 135 cm³/mol. The van der Waals surface area contributed by atoms with Gasteiger partial charge in [0.05, 0.1) is 4.90 Å². The summed E-state index contributed by atoms with van der Waals surface area (Å²) in [5.74, 6) is -0.434. The van der Waals surface area contributed by atoms with Crippen molar-refractivity contribution in [1.29, 1.82) is 0 Å². The second-order valence-corrected chi connectivity index (χ2v) is 10.7. The van der Waals surface area contributed by atoms with Crippen molar-refractivity contribution in [3.63, 3.8) is 0 Å². The Labute approximate surface area is 208 Å². The number of amides is 2. The van der Waals surface area contributed by atoms with E-state index >= 15 is 0 Å². The van der Waals surface area contributed by atoms with Crippen LogP contribution < -0.4 is 5.32 Å². The summed E-state index contributed by atoms with van der Waals surface area (Å²) in [6.07, 6.45) is 2.27. The molecule has 34 heavy (non-hydrogen) atoms. The summed E-state index contributed by atoms with van der Waals surface area (Å²) in [4.78, 5) is 27.6. The molecule has 0 saturated heterocycles. The van der Waals surface area contributed by atoms with Crippen LogP contribution in [0.4, 0.5) is 0 Å². The van der Waals surface area contributed by atoms with Crippen molar-refractivity contribution in [1.82, 2.24) is 14.5 Å². The van der Waals surface area contributed by atoms with Gasteiger partial charge in [0.2, 0.25) is 21.8 Å². The molecule has 2 aromatic rings. The van der Waals surface area contributed by atoms with Gasteiger partial charge in [-0.3, -0.25) is 9.59 Å². The molecular formula is C25H34ClN3O4S. The van der Waals surface area contributed by atoms with Crippen molar-refractivity contribution < 1.29 is 18.0 Å². The third-order valence-electron chi connectivity index (χ3n) is 5.55. The van der Waals surface area contributed by atoms with E-state index in [1.807, 2.05) is 13.0 Å². The van der Waals surface area contributed by atoms with E-state index in [2.05, 4.69) is 5.32 Å². The molecule has 0 saturated carbocycles. The lowest BCUT2D eigenvalue weighted by Gasteiger charge is -2.29. The molecule has 1 atom stereocenters. The lowest BCUT2D eigenvalue weighted by atomic mass is 10.1. The van der Waals surface area contributed by atoms with Crippen LogP contribution in [0.1, 0.15) is 45.1 Å². The highest BCUT2D eigenvalue weighted by Crippen LogP contribution is 2.17. The number of unbranched alkanes of at least 4 members (excludes halogenated alkanes) is 1. The number of carbonyl (C=O) groups is 2. The van der Waals surface area contributed by atoms with Crippen molar-refractivity contribution >= 4 is 33.4 Å².